The highest BCUT2D eigenvalue weighted by atomic mass is 32.2. The summed E-state index contributed by atoms with van der Waals surface area (Å²) >= 11 is 0. The molecule has 1 aromatic heterocycles. The van der Waals surface area contributed by atoms with Crippen LogP contribution in [-0.4, -0.2) is 72.3 Å². The van der Waals surface area contributed by atoms with Crippen LogP contribution in [-0.2, 0) is 21.9 Å². The molecule has 0 bridgehead atoms. The van der Waals surface area contributed by atoms with E-state index in [0.717, 1.165) is 13.1 Å². The number of carbonyl (C=O) groups is 1. The summed E-state index contributed by atoms with van der Waals surface area (Å²) in [6, 6.07) is 6.36. The van der Waals surface area contributed by atoms with Crippen LogP contribution in [0.5, 0.6) is 0 Å². The first-order valence-corrected chi connectivity index (χ1v) is 12.3. The van der Waals surface area contributed by atoms with E-state index in [1.54, 1.807) is 11.6 Å². The summed E-state index contributed by atoms with van der Waals surface area (Å²) in [6.45, 7) is 8.05. The number of hydrogen-bond acceptors (Lipinski definition) is 5. The Balaban J connectivity index is 1.32. The second-order valence-electron chi connectivity index (χ2n) is 8.59. The monoisotopic (exact) mass is 445 g/mol. The van der Waals surface area contributed by atoms with Crippen LogP contribution in [0.15, 0.2) is 35.7 Å². The Kier molecular flexibility index (Phi) is 6.07. The molecule has 2 fully saturated rings. The number of amides is 1. The zero-order valence-electron chi connectivity index (χ0n) is 18.5. The van der Waals surface area contributed by atoms with Crippen molar-refractivity contribution in [2.24, 2.45) is 13.0 Å². The van der Waals surface area contributed by atoms with E-state index >= 15 is 0 Å². The number of hydrogen-bond donors (Lipinski definition) is 0. The van der Waals surface area contributed by atoms with Crippen molar-refractivity contribution in [3.63, 3.8) is 0 Å². The summed E-state index contributed by atoms with van der Waals surface area (Å²) in [5, 5.41) is 0.0716. The van der Waals surface area contributed by atoms with Crippen LogP contribution in [0.1, 0.15) is 24.0 Å². The molecule has 4 rings (SSSR count). The van der Waals surface area contributed by atoms with E-state index in [-0.39, 0.29) is 16.9 Å². The number of rotatable bonds is 4. The Morgan fingerprint density at radius 3 is 2.32 bits per heavy atom. The van der Waals surface area contributed by atoms with Crippen LogP contribution < -0.4 is 4.90 Å². The van der Waals surface area contributed by atoms with Crippen molar-refractivity contribution in [1.82, 2.24) is 18.8 Å². The van der Waals surface area contributed by atoms with Crippen LogP contribution >= 0.6 is 0 Å². The summed E-state index contributed by atoms with van der Waals surface area (Å²) in [6.07, 6.45) is 4.12. The van der Waals surface area contributed by atoms with Crippen LogP contribution in [0.4, 0.5) is 5.69 Å². The van der Waals surface area contributed by atoms with Gasteiger partial charge in [0.05, 0.1) is 6.33 Å². The van der Waals surface area contributed by atoms with Gasteiger partial charge in [0.2, 0.25) is 5.91 Å². The molecule has 0 radical (unpaired) electrons. The van der Waals surface area contributed by atoms with E-state index < -0.39 is 10.0 Å². The minimum Gasteiger partial charge on any atom is -0.368 e. The second-order valence-corrected chi connectivity index (χ2v) is 10.5. The van der Waals surface area contributed by atoms with Crippen LogP contribution in [0, 0.1) is 19.8 Å². The molecule has 9 heteroatoms. The normalized spacial score (nSPS) is 19.1. The second kappa shape index (κ2) is 8.63. The molecule has 1 aromatic carbocycles. The molecular weight excluding hydrogens is 414 g/mol. The number of imidazole rings is 1. The number of carbonyl (C=O) groups excluding carboxylic acids is 1. The van der Waals surface area contributed by atoms with Gasteiger partial charge in [0, 0.05) is 64.1 Å². The topological polar surface area (TPSA) is 78.8 Å². The number of anilines is 1. The third kappa shape index (κ3) is 4.34. The van der Waals surface area contributed by atoms with Gasteiger partial charge >= 0.3 is 0 Å². The molecule has 2 aromatic rings. The maximum absolute atomic E-state index is 13.1. The summed E-state index contributed by atoms with van der Waals surface area (Å²) in [7, 11) is -1.84. The molecule has 0 N–H and O–H groups in total. The molecule has 2 saturated heterocycles. The predicted octanol–water partition coefficient (Wildman–Crippen LogP) is 1.79. The average molecular weight is 446 g/mol. The Hall–Kier alpha value is -2.39. The van der Waals surface area contributed by atoms with Gasteiger partial charge in [-0.2, -0.15) is 4.31 Å². The van der Waals surface area contributed by atoms with Gasteiger partial charge in [-0.25, -0.2) is 13.4 Å². The van der Waals surface area contributed by atoms with Crippen molar-refractivity contribution in [2.75, 3.05) is 44.2 Å². The van der Waals surface area contributed by atoms with Crippen LogP contribution in [0.3, 0.4) is 0 Å². The van der Waals surface area contributed by atoms with Crippen molar-refractivity contribution in [3.8, 4) is 0 Å². The van der Waals surface area contributed by atoms with Crippen molar-refractivity contribution in [1.29, 1.82) is 0 Å². The molecule has 0 saturated carbocycles. The first-order valence-electron chi connectivity index (χ1n) is 10.9. The number of benzene rings is 1. The van der Waals surface area contributed by atoms with Gasteiger partial charge in [-0.1, -0.05) is 12.1 Å². The van der Waals surface area contributed by atoms with Crippen molar-refractivity contribution < 1.29 is 13.2 Å². The van der Waals surface area contributed by atoms with E-state index in [2.05, 4.69) is 41.9 Å². The fraction of sp³-hybridized carbons (Fsp3) is 0.545. The standard InChI is InChI=1S/C22H31N5O3S/c1-17-5-4-6-20(18(17)2)25-11-13-26(14-12-25)22(28)19-7-9-27(10-8-19)31(29,30)21-15-24(3)16-23-21/h4-6,15-16,19H,7-14H2,1-3H3. The first kappa shape index (κ1) is 21.8. The summed E-state index contributed by atoms with van der Waals surface area (Å²) in [5.74, 6) is 0.0536. The zero-order valence-corrected chi connectivity index (χ0v) is 19.3. The number of aryl methyl sites for hydroxylation is 2. The molecule has 0 atom stereocenters. The fourth-order valence-corrected chi connectivity index (χ4v) is 5.94. The summed E-state index contributed by atoms with van der Waals surface area (Å²) in [5.41, 5.74) is 3.83. The average Bonchev–Trinajstić information content (AvgIpc) is 3.23. The molecule has 0 unspecified atom stereocenters. The third-order valence-corrected chi connectivity index (χ3v) is 8.38. The SMILES string of the molecule is Cc1cccc(N2CCN(C(=O)C3CCN(S(=O)(=O)c4cn(C)cn4)CC3)CC2)c1C. The molecule has 3 heterocycles. The Bertz CT molecular complexity index is 1050. The van der Waals surface area contributed by atoms with E-state index in [9.17, 15) is 13.2 Å². The Labute approximate surface area is 184 Å². The highest BCUT2D eigenvalue weighted by molar-refractivity contribution is 7.89. The lowest BCUT2D eigenvalue weighted by Gasteiger charge is -2.39. The number of piperidine rings is 1. The number of sulfonamides is 1. The molecule has 0 spiro atoms. The van der Waals surface area contributed by atoms with E-state index in [4.69, 9.17) is 0 Å². The molecule has 168 valence electrons. The molecule has 1 amide bonds. The highest BCUT2D eigenvalue weighted by Gasteiger charge is 2.35. The van der Waals surface area contributed by atoms with Crippen molar-refractivity contribution in [3.05, 3.63) is 41.9 Å². The quantitative estimate of drug-likeness (QED) is 0.717. The third-order valence-electron chi connectivity index (χ3n) is 6.60. The first-order chi connectivity index (χ1) is 14.8. The van der Waals surface area contributed by atoms with E-state index in [1.165, 1.54) is 33.6 Å². The summed E-state index contributed by atoms with van der Waals surface area (Å²) < 4.78 is 28.6. The molecule has 2 aliphatic heterocycles. The van der Waals surface area contributed by atoms with Crippen LogP contribution in [0.2, 0.25) is 0 Å². The van der Waals surface area contributed by atoms with E-state index in [1.807, 2.05) is 4.90 Å². The fourth-order valence-electron chi connectivity index (χ4n) is 4.50. The van der Waals surface area contributed by atoms with Gasteiger partial charge in [0.25, 0.3) is 10.0 Å². The predicted molar refractivity (Wildman–Crippen MR) is 119 cm³/mol. The highest BCUT2D eigenvalue weighted by Crippen LogP contribution is 2.27. The van der Waals surface area contributed by atoms with Gasteiger partial charge in [-0.15, -0.1) is 0 Å². The molecule has 31 heavy (non-hydrogen) atoms. The largest absolute Gasteiger partial charge is 0.368 e. The minimum atomic E-state index is -3.59. The van der Waals surface area contributed by atoms with Crippen LogP contribution in [0.25, 0.3) is 0 Å². The Morgan fingerprint density at radius 1 is 1.03 bits per heavy atom. The lowest BCUT2D eigenvalue weighted by molar-refractivity contribution is -0.137. The van der Waals surface area contributed by atoms with Gasteiger partial charge < -0.3 is 14.4 Å². The molecule has 0 aliphatic carbocycles. The molecule has 8 nitrogen and oxygen atoms in total. The molecule has 2 aliphatic rings. The van der Waals surface area contributed by atoms with Gasteiger partial charge in [-0.3, -0.25) is 4.79 Å². The Morgan fingerprint density at radius 2 is 1.71 bits per heavy atom. The summed E-state index contributed by atoms with van der Waals surface area (Å²) in [4.78, 5) is 21.4. The van der Waals surface area contributed by atoms with Gasteiger partial charge in [0.1, 0.15) is 0 Å². The zero-order chi connectivity index (χ0) is 22.2. The number of nitrogens with zero attached hydrogens (tertiary/aromatic N) is 5. The lowest BCUT2D eigenvalue weighted by Crippen LogP contribution is -2.52. The van der Waals surface area contributed by atoms with Crippen molar-refractivity contribution >= 4 is 21.6 Å². The lowest BCUT2D eigenvalue weighted by atomic mass is 9.96. The van der Waals surface area contributed by atoms with E-state index in [0.29, 0.717) is 39.0 Å². The number of aromatic nitrogens is 2. The number of piperazine rings is 1. The maximum atomic E-state index is 13.1. The maximum Gasteiger partial charge on any atom is 0.262 e. The molecular formula is C22H31N5O3S. The van der Waals surface area contributed by atoms with Crippen molar-refractivity contribution in [2.45, 2.75) is 31.7 Å². The minimum absolute atomic E-state index is 0.0716. The smallest absolute Gasteiger partial charge is 0.262 e. The van der Waals surface area contributed by atoms with Gasteiger partial charge in [0.15, 0.2) is 5.03 Å². The van der Waals surface area contributed by atoms with Gasteiger partial charge in [-0.05, 0) is 43.9 Å².